The predicted octanol–water partition coefficient (Wildman–Crippen LogP) is 0.926. The number of hydrogen-bond acceptors (Lipinski definition) is 5. The van der Waals surface area contributed by atoms with Crippen LogP contribution in [-0.4, -0.2) is 73.5 Å². The Balaban J connectivity index is 1.28. The largest absolute Gasteiger partial charge is 0.381 e. The van der Waals surface area contributed by atoms with E-state index < -0.39 is 5.91 Å². The molecule has 3 N–H and O–H groups in total. The van der Waals surface area contributed by atoms with Crippen LogP contribution in [0.4, 0.5) is 0 Å². The van der Waals surface area contributed by atoms with Crippen molar-refractivity contribution in [3.8, 4) is 0 Å². The lowest BCUT2D eigenvalue weighted by molar-refractivity contribution is -0.132. The molecule has 3 unspecified atom stereocenters. The number of likely N-dealkylation sites (tertiary alicyclic amines) is 2. The van der Waals surface area contributed by atoms with Crippen molar-refractivity contribution < 1.29 is 19.1 Å². The molecule has 8 heteroatoms. The maximum atomic E-state index is 12.7. The van der Waals surface area contributed by atoms with Gasteiger partial charge in [-0.1, -0.05) is 30.3 Å². The number of carbonyl (C=O) groups is 3. The maximum absolute atomic E-state index is 12.7. The van der Waals surface area contributed by atoms with E-state index in [-0.39, 0.29) is 36.6 Å². The lowest BCUT2D eigenvalue weighted by atomic mass is 10.0. The van der Waals surface area contributed by atoms with Crippen molar-refractivity contribution in [2.45, 2.75) is 31.7 Å². The van der Waals surface area contributed by atoms with Gasteiger partial charge in [0.15, 0.2) is 0 Å². The quantitative estimate of drug-likeness (QED) is 0.592. The van der Waals surface area contributed by atoms with Crippen LogP contribution in [0.25, 0.3) is 0 Å². The van der Waals surface area contributed by atoms with Crippen molar-refractivity contribution in [1.29, 1.82) is 0 Å². The summed E-state index contributed by atoms with van der Waals surface area (Å²) < 4.78 is 5.38. The van der Waals surface area contributed by atoms with Crippen LogP contribution < -0.4 is 11.1 Å². The van der Waals surface area contributed by atoms with Crippen molar-refractivity contribution in [1.82, 2.24) is 15.1 Å². The topological polar surface area (TPSA) is 105 Å². The van der Waals surface area contributed by atoms with E-state index in [1.165, 1.54) is 0 Å². The first-order valence-corrected chi connectivity index (χ1v) is 11.7. The standard InChI is InChI=1S/C24H34N4O4/c25-22(29)6-7-23(30)28-14-19-12-27(13-20(19)15-28)10-8-21(17-4-2-1-3-5-17)26-24(31)18-9-11-32-16-18/h1-5,18-21H,6-16H2,(H2,25,29)(H,26,31)/t18?,19-,20?,21?/m0/s1. The summed E-state index contributed by atoms with van der Waals surface area (Å²) >= 11 is 0. The number of carbonyl (C=O) groups excluding carboxylic acids is 3. The van der Waals surface area contributed by atoms with Crippen molar-refractivity contribution >= 4 is 17.7 Å². The molecule has 3 aliphatic heterocycles. The summed E-state index contributed by atoms with van der Waals surface area (Å²) in [5.74, 6) is 0.600. The van der Waals surface area contributed by atoms with Crippen LogP contribution in [0.5, 0.6) is 0 Å². The monoisotopic (exact) mass is 442 g/mol. The molecule has 3 aliphatic rings. The lowest BCUT2D eigenvalue weighted by Gasteiger charge is -2.25. The van der Waals surface area contributed by atoms with Gasteiger partial charge in [-0.2, -0.15) is 0 Å². The average Bonchev–Trinajstić information content (AvgIpc) is 3.52. The van der Waals surface area contributed by atoms with Crippen molar-refractivity contribution in [2.24, 2.45) is 23.5 Å². The average molecular weight is 443 g/mol. The molecule has 8 nitrogen and oxygen atoms in total. The van der Waals surface area contributed by atoms with Crippen molar-refractivity contribution in [3.63, 3.8) is 0 Å². The highest BCUT2D eigenvalue weighted by atomic mass is 16.5. The Kier molecular flexibility index (Phi) is 7.42. The minimum absolute atomic E-state index is 0.0170. The summed E-state index contributed by atoms with van der Waals surface area (Å²) in [7, 11) is 0. The van der Waals surface area contributed by atoms with E-state index in [0.717, 1.165) is 51.1 Å². The molecule has 3 amide bonds. The summed E-state index contributed by atoms with van der Waals surface area (Å²) in [6.45, 7) is 5.54. The molecular weight excluding hydrogens is 408 g/mol. The molecule has 1 aromatic carbocycles. The molecule has 0 aromatic heterocycles. The fourth-order valence-corrected chi connectivity index (χ4v) is 5.21. The molecular formula is C24H34N4O4. The number of amides is 3. The fraction of sp³-hybridized carbons (Fsp3) is 0.625. The smallest absolute Gasteiger partial charge is 0.226 e. The number of hydrogen-bond donors (Lipinski definition) is 2. The van der Waals surface area contributed by atoms with Crippen LogP contribution in [0.3, 0.4) is 0 Å². The van der Waals surface area contributed by atoms with Gasteiger partial charge in [0.05, 0.1) is 18.6 Å². The van der Waals surface area contributed by atoms with Gasteiger partial charge in [-0.05, 0) is 30.2 Å². The van der Waals surface area contributed by atoms with E-state index in [1.807, 2.05) is 23.1 Å². The maximum Gasteiger partial charge on any atom is 0.226 e. The van der Waals surface area contributed by atoms with Gasteiger partial charge >= 0.3 is 0 Å². The Morgan fingerprint density at radius 2 is 1.78 bits per heavy atom. The van der Waals surface area contributed by atoms with E-state index in [0.29, 0.717) is 25.0 Å². The van der Waals surface area contributed by atoms with Crippen LogP contribution in [0.2, 0.25) is 0 Å². The second kappa shape index (κ2) is 10.4. The first kappa shape index (κ1) is 22.7. The number of nitrogens with two attached hydrogens (primary N) is 1. The zero-order valence-electron chi connectivity index (χ0n) is 18.6. The lowest BCUT2D eigenvalue weighted by Crippen LogP contribution is -2.37. The molecule has 4 rings (SSSR count). The molecule has 174 valence electrons. The molecule has 0 aliphatic carbocycles. The molecule has 32 heavy (non-hydrogen) atoms. The zero-order valence-corrected chi connectivity index (χ0v) is 18.6. The van der Waals surface area contributed by atoms with Crippen LogP contribution in [-0.2, 0) is 19.1 Å². The van der Waals surface area contributed by atoms with E-state index in [4.69, 9.17) is 10.5 Å². The van der Waals surface area contributed by atoms with Gasteiger partial charge in [-0.15, -0.1) is 0 Å². The zero-order chi connectivity index (χ0) is 22.5. The summed E-state index contributed by atoms with van der Waals surface area (Å²) in [4.78, 5) is 40.3. The Labute approximate surface area is 189 Å². The van der Waals surface area contributed by atoms with Gasteiger partial charge in [0.2, 0.25) is 17.7 Å². The van der Waals surface area contributed by atoms with E-state index in [9.17, 15) is 14.4 Å². The minimum atomic E-state index is -0.426. The summed E-state index contributed by atoms with van der Waals surface area (Å²) in [6.07, 6.45) is 1.97. The van der Waals surface area contributed by atoms with Gasteiger partial charge in [-0.3, -0.25) is 14.4 Å². The van der Waals surface area contributed by atoms with Gasteiger partial charge in [0.25, 0.3) is 0 Å². The third-order valence-electron chi connectivity index (χ3n) is 7.05. The Bertz CT molecular complexity index is 797. The highest BCUT2D eigenvalue weighted by Crippen LogP contribution is 2.32. The van der Waals surface area contributed by atoms with Gasteiger partial charge in [0.1, 0.15) is 0 Å². The van der Waals surface area contributed by atoms with Crippen molar-refractivity contribution in [3.05, 3.63) is 35.9 Å². The molecule has 0 spiro atoms. The Morgan fingerprint density at radius 3 is 2.41 bits per heavy atom. The molecule has 3 saturated heterocycles. The molecule has 3 heterocycles. The number of ether oxygens (including phenoxy) is 1. The number of nitrogens with one attached hydrogen (secondary N) is 1. The number of nitrogens with zero attached hydrogens (tertiary/aromatic N) is 2. The van der Waals surface area contributed by atoms with Crippen molar-refractivity contribution in [2.75, 3.05) is 45.9 Å². The summed E-state index contributed by atoms with van der Waals surface area (Å²) in [5, 5.41) is 3.26. The van der Waals surface area contributed by atoms with E-state index in [1.54, 1.807) is 0 Å². The van der Waals surface area contributed by atoms with Crippen LogP contribution >= 0.6 is 0 Å². The first-order valence-electron chi connectivity index (χ1n) is 11.7. The Hall–Kier alpha value is -2.45. The third kappa shape index (κ3) is 5.66. The molecule has 4 atom stereocenters. The Morgan fingerprint density at radius 1 is 1.06 bits per heavy atom. The fourth-order valence-electron chi connectivity index (χ4n) is 5.21. The number of fused-ring (bicyclic) bond motifs is 1. The van der Waals surface area contributed by atoms with E-state index >= 15 is 0 Å². The number of benzene rings is 1. The normalized spacial score (nSPS) is 26.1. The SMILES string of the molecule is NC(=O)CCC(=O)N1CC2CN(CCC(NC(=O)C3CCOC3)c3ccccc3)C[C@H]2C1. The van der Waals surface area contributed by atoms with Gasteiger partial charge in [-0.25, -0.2) is 0 Å². The molecule has 3 fully saturated rings. The van der Waals surface area contributed by atoms with E-state index in [2.05, 4.69) is 22.3 Å². The van der Waals surface area contributed by atoms with Crippen LogP contribution in [0, 0.1) is 17.8 Å². The highest BCUT2D eigenvalue weighted by molar-refractivity contribution is 5.83. The number of rotatable bonds is 9. The molecule has 0 radical (unpaired) electrons. The highest BCUT2D eigenvalue weighted by Gasteiger charge is 2.41. The van der Waals surface area contributed by atoms with Crippen LogP contribution in [0.1, 0.15) is 37.3 Å². The summed E-state index contributed by atoms with van der Waals surface area (Å²) in [5.41, 5.74) is 6.30. The number of primary amides is 1. The van der Waals surface area contributed by atoms with Gasteiger partial charge < -0.3 is 25.6 Å². The minimum Gasteiger partial charge on any atom is -0.381 e. The second-order valence-corrected chi connectivity index (χ2v) is 9.37. The summed E-state index contributed by atoms with van der Waals surface area (Å²) in [6, 6.07) is 10.1. The predicted molar refractivity (Wildman–Crippen MR) is 119 cm³/mol. The third-order valence-corrected chi connectivity index (χ3v) is 7.05. The van der Waals surface area contributed by atoms with Crippen LogP contribution in [0.15, 0.2) is 30.3 Å². The molecule has 0 bridgehead atoms. The molecule has 0 saturated carbocycles. The second-order valence-electron chi connectivity index (χ2n) is 9.37. The first-order chi connectivity index (χ1) is 15.5. The van der Waals surface area contributed by atoms with Gasteiger partial charge in [0, 0.05) is 52.2 Å². The molecule has 1 aromatic rings.